The van der Waals surface area contributed by atoms with Crippen molar-refractivity contribution in [3.05, 3.63) is 35.4 Å². The molecule has 0 fully saturated rings. The lowest BCUT2D eigenvalue weighted by molar-refractivity contribution is 0.162. The fourth-order valence-electron chi connectivity index (χ4n) is 1.04. The zero-order valence-electron chi connectivity index (χ0n) is 7.58. The lowest BCUT2D eigenvalue weighted by Crippen LogP contribution is -2.24. The van der Waals surface area contributed by atoms with Gasteiger partial charge >= 0.3 is 0 Å². The molecule has 2 nitrogen and oxygen atoms in total. The van der Waals surface area contributed by atoms with Crippen LogP contribution in [0.5, 0.6) is 0 Å². The van der Waals surface area contributed by atoms with Crippen molar-refractivity contribution in [3.8, 4) is 0 Å². The molecule has 0 bridgehead atoms. The predicted molar refractivity (Wildman–Crippen MR) is 52.2 cm³/mol. The number of halogens is 3. The van der Waals surface area contributed by atoms with E-state index in [0.29, 0.717) is 0 Å². The molecule has 0 aliphatic rings. The quantitative estimate of drug-likeness (QED) is 0.803. The van der Waals surface area contributed by atoms with Crippen LogP contribution in [0.4, 0.5) is 8.78 Å². The van der Waals surface area contributed by atoms with Gasteiger partial charge in [-0.05, 0) is 13.0 Å². The normalized spacial score (nSPS) is 14.4. The molecule has 5 heteroatoms. The van der Waals surface area contributed by atoms with Gasteiger partial charge in [0.2, 0.25) is 0 Å². The molecule has 0 unspecified atom stereocenters. The summed E-state index contributed by atoms with van der Waals surface area (Å²) in [6.45, 7) is 1.43. The SMILES string of the molecule is C[C@@H](O)[C@@H](N)c1cccc(F)c1F.Cl. The molecule has 80 valence electrons. The summed E-state index contributed by atoms with van der Waals surface area (Å²) >= 11 is 0. The van der Waals surface area contributed by atoms with Gasteiger partial charge in [-0.15, -0.1) is 12.4 Å². The number of nitrogens with two attached hydrogens (primary N) is 1. The maximum atomic E-state index is 13.0. The van der Waals surface area contributed by atoms with Gasteiger partial charge in [0.25, 0.3) is 0 Å². The number of aliphatic hydroxyl groups excluding tert-OH is 1. The Morgan fingerprint density at radius 3 is 2.43 bits per heavy atom. The number of hydrogen-bond donors (Lipinski definition) is 2. The first-order valence-electron chi connectivity index (χ1n) is 3.91. The first-order valence-corrected chi connectivity index (χ1v) is 3.91. The van der Waals surface area contributed by atoms with E-state index >= 15 is 0 Å². The van der Waals surface area contributed by atoms with Crippen LogP contribution in [0.1, 0.15) is 18.5 Å². The Kier molecular flexibility index (Phi) is 4.97. The minimum atomic E-state index is -0.990. The van der Waals surface area contributed by atoms with E-state index in [4.69, 9.17) is 10.8 Å². The largest absolute Gasteiger partial charge is 0.391 e. The van der Waals surface area contributed by atoms with Crippen LogP contribution in [-0.2, 0) is 0 Å². The minimum Gasteiger partial charge on any atom is -0.391 e. The lowest BCUT2D eigenvalue weighted by Gasteiger charge is -2.15. The van der Waals surface area contributed by atoms with Crippen molar-refractivity contribution in [2.75, 3.05) is 0 Å². The van der Waals surface area contributed by atoms with Gasteiger partial charge in [-0.1, -0.05) is 12.1 Å². The molecular weight excluding hydrogens is 212 g/mol. The first kappa shape index (κ1) is 13.3. The van der Waals surface area contributed by atoms with E-state index in [0.717, 1.165) is 6.07 Å². The highest BCUT2D eigenvalue weighted by Gasteiger charge is 2.18. The van der Waals surface area contributed by atoms with Crippen LogP contribution in [0.25, 0.3) is 0 Å². The fourth-order valence-corrected chi connectivity index (χ4v) is 1.04. The Bertz CT molecular complexity index is 307. The van der Waals surface area contributed by atoms with Gasteiger partial charge in [-0.3, -0.25) is 0 Å². The molecule has 0 aliphatic heterocycles. The van der Waals surface area contributed by atoms with E-state index in [2.05, 4.69) is 0 Å². The smallest absolute Gasteiger partial charge is 0.163 e. The third kappa shape index (κ3) is 2.64. The molecular formula is C9H12ClF2NO. The lowest BCUT2D eigenvalue weighted by atomic mass is 10.0. The van der Waals surface area contributed by atoms with Gasteiger partial charge in [0.1, 0.15) is 0 Å². The maximum Gasteiger partial charge on any atom is 0.163 e. The van der Waals surface area contributed by atoms with E-state index in [1.165, 1.54) is 19.1 Å². The van der Waals surface area contributed by atoms with Crippen molar-refractivity contribution in [1.82, 2.24) is 0 Å². The maximum absolute atomic E-state index is 13.0. The average Bonchev–Trinajstić information content (AvgIpc) is 2.08. The molecule has 0 radical (unpaired) electrons. The molecule has 0 saturated heterocycles. The van der Waals surface area contributed by atoms with Gasteiger partial charge in [-0.25, -0.2) is 8.78 Å². The highest BCUT2D eigenvalue weighted by Crippen LogP contribution is 2.19. The monoisotopic (exact) mass is 223 g/mol. The van der Waals surface area contributed by atoms with Crippen LogP contribution < -0.4 is 5.73 Å². The van der Waals surface area contributed by atoms with E-state index in [1.807, 2.05) is 0 Å². The molecule has 2 atom stereocenters. The van der Waals surface area contributed by atoms with Crippen LogP contribution in [0.2, 0.25) is 0 Å². The van der Waals surface area contributed by atoms with Crippen molar-refractivity contribution in [2.45, 2.75) is 19.1 Å². The highest BCUT2D eigenvalue weighted by atomic mass is 35.5. The van der Waals surface area contributed by atoms with Crippen molar-refractivity contribution in [3.63, 3.8) is 0 Å². The van der Waals surface area contributed by atoms with Gasteiger partial charge in [-0.2, -0.15) is 0 Å². The highest BCUT2D eigenvalue weighted by molar-refractivity contribution is 5.85. The average molecular weight is 224 g/mol. The Balaban J connectivity index is 0.00000169. The van der Waals surface area contributed by atoms with Crippen LogP contribution in [-0.4, -0.2) is 11.2 Å². The second-order valence-electron chi connectivity index (χ2n) is 2.91. The van der Waals surface area contributed by atoms with Crippen molar-refractivity contribution in [2.24, 2.45) is 5.73 Å². The Morgan fingerprint density at radius 2 is 1.93 bits per heavy atom. The topological polar surface area (TPSA) is 46.2 Å². The molecule has 1 aromatic carbocycles. The van der Waals surface area contributed by atoms with Crippen LogP contribution >= 0.6 is 12.4 Å². The Morgan fingerprint density at radius 1 is 1.36 bits per heavy atom. The number of rotatable bonds is 2. The Hall–Kier alpha value is -0.710. The summed E-state index contributed by atoms with van der Waals surface area (Å²) in [5.74, 6) is -1.94. The molecule has 0 heterocycles. The fraction of sp³-hybridized carbons (Fsp3) is 0.333. The molecule has 0 saturated carbocycles. The molecule has 0 aromatic heterocycles. The van der Waals surface area contributed by atoms with Crippen molar-refractivity contribution < 1.29 is 13.9 Å². The predicted octanol–water partition coefficient (Wildman–Crippen LogP) is 1.77. The zero-order chi connectivity index (χ0) is 10.0. The summed E-state index contributed by atoms with van der Waals surface area (Å²) < 4.78 is 25.7. The number of benzene rings is 1. The summed E-state index contributed by atoms with van der Waals surface area (Å²) in [5, 5.41) is 9.08. The van der Waals surface area contributed by atoms with Crippen molar-refractivity contribution >= 4 is 12.4 Å². The summed E-state index contributed by atoms with van der Waals surface area (Å²) in [6.07, 6.45) is -0.906. The standard InChI is InChI=1S/C9H11F2NO.ClH/c1-5(13)9(12)6-3-2-4-7(10)8(6)11;/h2-5,9,13H,12H2,1H3;1H/t5-,9-;/m1./s1. The van der Waals surface area contributed by atoms with Gasteiger partial charge in [0.15, 0.2) is 11.6 Å². The van der Waals surface area contributed by atoms with Gasteiger partial charge in [0.05, 0.1) is 12.1 Å². The molecule has 0 amide bonds. The third-order valence-corrected chi connectivity index (χ3v) is 1.86. The Labute approximate surface area is 87.1 Å². The van der Waals surface area contributed by atoms with E-state index in [9.17, 15) is 8.78 Å². The second kappa shape index (κ2) is 5.24. The number of hydrogen-bond acceptors (Lipinski definition) is 2. The molecule has 1 aromatic rings. The number of aliphatic hydroxyl groups is 1. The van der Waals surface area contributed by atoms with E-state index < -0.39 is 23.8 Å². The van der Waals surface area contributed by atoms with E-state index in [-0.39, 0.29) is 18.0 Å². The van der Waals surface area contributed by atoms with Gasteiger partial charge in [0, 0.05) is 5.56 Å². The van der Waals surface area contributed by atoms with Crippen LogP contribution in [0, 0.1) is 11.6 Å². The summed E-state index contributed by atoms with van der Waals surface area (Å²) in [7, 11) is 0. The first-order chi connectivity index (χ1) is 6.04. The van der Waals surface area contributed by atoms with Crippen molar-refractivity contribution in [1.29, 1.82) is 0 Å². The zero-order valence-corrected chi connectivity index (χ0v) is 8.39. The molecule has 1 rings (SSSR count). The second-order valence-corrected chi connectivity index (χ2v) is 2.91. The molecule has 14 heavy (non-hydrogen) atoms. The summed E-state index contributed by atoms with van der Waals surface area (Å²) in [4.78, 5) is 0. The van der Waals surface area contributed by atoms with Crippen LogP contribution in [0.3, 0.4) is 0 Å². The minimum absolute atomic E-state index is 0. The molecule has 0 aliphatic carbocycles. The molecule has 3 N–H and O–H groups in total. The summed E-state index contributed by atoms with van der Waals surface area (Å²) in [5.41, 5.74) is 5.45. The molecule has 0 spiro atoms. The van der Waals surface area contributed by atoms with Crippen LogP contribution in [0.15, 0.2) is 18.2 Å². The van der Waals surface area contributed by atoms with E-state index in [1.54, 1.807) is 0 Å². The van der Waals surface area contributed by atoms with Gasteiger partial charge < -0.3 is 10.8 Å². The summed E-state index contributed by atoms with van der Waals surface area (Å²) in [6, 6.07) is 2.83. The third-order valence-electron chi connectivity index (χ3n) is 1.86.